The van der Waals surface area contributed by atoms with Crippen LogP contribution in [0.25, 0.3) is 0 Å². The van der Waals surface area contributed by atoms with Crippen LogP contribution in [0, 0.1) is 5.92 Å². The van der Waals surface area contributed by atoms with Gasteiger partial charge in [0.05, 0.1) is 0 Å². The Morgan fingerprint density at radius 1 is 1.44 bits per heavy atom. The third kappa shape index (κ3) is 3.36. The van der Waals surface area contributed by atoms with Gasteiger partial charge in [0, 0.05) is 26.8 Å². The molecule has 16 heavy (non-hydrogen) atoms. The van der Waals surface area contributed by atoms with Crippen LogP contribution in [0.3, 0.4) is 0 Å². The number of aromatic nitrogens is 2. The first kappa shape index (κ1) is 11.2. The molecule has 1 aliphatic rings. The highest BCUT2D eigenvalue weighted by atomic mass is 15.2. The van der Waals surface area contributed by atoms with E-state index in [0.717, 1.165) is 24.2 Å². The lowest BCUT2D eigenvalue weighted by Crippen LogP contribution is -2.14. The van der Waals surface area contributed by atoms with Crippen molar-refractivity contribution in [2.45, 2.75) is 25.7 Å². The van der Waals surface area contributed by atoms with Gasteiger partial charge in [0.1, 0.15) is 5.82 Å². The molecule has 0 unspecified atom stereocenters. The van der Waals surface area contributed by atoms with Gasteiger partial charge in [-0.15, -0.1) is 0 Å². The number of anilines is 2. The Balaban J connectivity index is 1.76. The first-order valence-electron chi connectivity index (χ1n) is 6.00. The molecule has 4 nitrogen and oxygen atoms in total. The summed E-state index contributed by atoms with van der Waals surface area (Å²) in [5.74, 6) is 2.70. The minimum absolute atomic E-state index is 0.757. The van der Waals surface area contributed by atoms with Crippen molar-refractivity contribution in [2.24, 2.45) is 5.92 Å². The quantitative estimate of drug-likeness (QED) is 0.746. The number of hydrogen-bond acceptors (Lipinski definition) is 4. The van der Waals surface area contributed by atoms with Crippen molar-refractivity contribution in [3.63, 3.8) is 0 Å². The summed E-state index contributed by atoms with van der Waals surface area (Å²) in [6.45, 7) is 1.01. The van der Waals surface area contributed by atoms with Crippen molar-refractivity contribution in [1.29, 1.82) is 0 Å². The van der Waals surface area contributed by atoms with Crippen LogP contribution in [0.5, 0.6) is 0 Å². The van der Waals surface area contributed by atoms with Crippen molar-refractivity contribution >= 4 is 11.8 Å². The number of rotatable bonds is 6. The Hall–Kier alpha value is -1.32. The Bertz CT molecular complexity index is 334. The van der Waals surface area contributed by atoms with Crippen LogP contribution in [-0.2, 0) is 0 Å². The fourth-order valence-corrected chi connectivity index (χ4v) is 1.68. The van der Waals surface area contributed by atoms with E-state index in [1.807, 2.05) is 25.1 Å². The summed E-state index contributed by atoms with van der Waals surface area (Å²) in [7, 11) is 3.90. The molecule has 0 saturated heterocycles. The molecule has 4 heteroatoms. The Morgan fingerprint density at radius 2 is 2.25 bits per heavy atom. The summed E-state index contributed by atoms with van der Waals surface area (Å²) in [6, 6.07) is 1.92. The van der Waals surface area contributed by atoms with Gasteiger partial charge in [-0.3, -0.25) is 0 Å². The SMILES string of the molecule is CN(C)c1nccc(NCCCC2CC2)n1. The molecule has 1 aromatic rings. The highest BCUT2D eigenvalue weighted by Gasteiger charge is 2.19. The zero-order valence-electron chi connectivity index (χ0n) is 10.1. The maximum Gasteiger partial charge on any atom is 0.226 e. The van der Waals surface area contributed by atoms with Crippen molar-refractivity contribution in [1.82, 2.24) is 9.97 Å². The van der Waals surface area contributed by atoms with Crippen LogP contribution < -0.4 is 10.2 Å². The van der Waals surface area contributed by atoms with Gasteiger partial charge in [-0.05, 0) is 24.8 Å². The molecular weight excluding hydrogens is 200 g/mol. The van der Waals surface area contributed by atoms with Crippen LogP contribution in [-0.4, -0.2) is 30.6 Å². The Morgan fingerprint density at radius 3 is 2.94 bits per heavy atom. The van der Waals surface area contributed by atoms with Crippen LogP contribution >= 0.6 is 0 Å². The number of nitrogens with zero attached hydrogens (tertiary/aromatic N) is 3. The molecule has 1 saturated carbocycles. The molecule has 2 rings (SSSR count). The summed E-state index contributed by atoms with van der Waals surface area (Å²) in [6.07, 6.45) is 7.28. The standard InChI is InChI=1S/C12H20N4/c1-16(2)12-14-9-7-11(15-12)13-8-3-4-10-5-6-10/h7,9-10H,3-6,8H2,1-2H3,(H,13,14,15). The topological polar surface area (TPSA) is 41.1 Å². The maximum absolute atomic E-state index is 4.41. The molecular formula is C12H20N4. The Kier molecular flexibility index (Phi) is 3.59. The molecule has 0 radical (unpaired) electrons. The van der Waals surface area contributed by atoms with Gasteiger partial charge >= 0.3 is 0 Å². The second-order valence-electron chi connectivity index (χ2n) is 4.65. The van der Waals surface area contributed by atoms with E-state index in [2.05, 4.69) is 15.3 Å². The average molecular weight is 220 g/mol. The summed E-state index contributed by atoms with van der Waals surface area (Å²) < 4.78 is 0. The molecule has 0 bridgehead atoms. The van der Waals surface area contributed by atoms with Crippen LogP contribution in [0.2, 0.25) is 0 Å². The van der Waals surface area contributed by atoms with Gasteiger partial charge < -0.3 is 10.2 Å². The molecule has 0 atom stereocenters. The molecule has 1 fully saturated rings. The minimum Gasteiger partial charge on any atom is -0.370 e. The van der Waals surface area contributed by atoms with E-state index in [4.69, 9.17) is 0 Å². The van der Waals surface area contributed by atoms with Gasteiger partial charge in [-0.1, -0.05) is 12.8 Å². The number of hydrogen-bond donors (Lipinski definition) is 1. The molecule has 1 N–H and O–H groups in total. The van der Waals surface area contributed by atoms with Crippen LogP contribution in [0.15, 0.2) is 12.3 Å². The lowest BCUT2D eigenvalue weighted by atomic mass is 10.2. The predicted octanol–water partition coefficient (Wildman–Crippen LogP) is 2.14. The third-order valence-electron chi connectivity index (χ3n) is 2.84. The zero-order chi connectivity index (χ0) is 11.4. The van der Waals surface area contributed by atoms with E-state index >= 15 is 0 Å². The summed E-state index contributed by atoms with van der Waals surface area (Å²) in [5.41, 5.74) is 0. The number of nitrogens with one attached hydrogen (secondary N) is 1. The normalized spacial score (nSPS) is 14.9. The van der Waals surface area contributed by atoms with Gasteiger partial charge in [-0.2, -0.15) is 4.98 Å². The predicted molar refractivity (Wildman–Crippen MR) is 66.8 cm³/mol. The van der Waals surface area contributed by atoms with E-state index in [0.29, 0.717) is 0 Å². The van der Waals surface area contributed by atoms with Crippen molar-refractivity contribution in [3.05, 3.63) is 12.3 Å². The van der Waals surface area contributed by atoms with E-state index in [9.17, 15) is 0 Å². The van der Waals surface area contributed by atoms with Gasteiger partial charge in [0.25, 0.3) is 0 Å². The molecule has 0 spiro atoms. The van der Waals surface area contributed by atoms with Crippen molar-refractivity contribution in [3.8, 4) is 0 Å². The Labute approximate surface area is 97.1 Å². The first-order chi connectivity index (χ1) is 7.75. The van der Waals surface area contributed by atoms with Gasteiger partial charge in [0.15, 0.2) is 0 Å². The second-order valence-corrected chi connectivity index (χ2v) is 4.65. The first-order valence-corrected chi connectivity index (χ1v) is 6.00. The molecule has 1 aliphatic carbocycles. The van der Waals surface area contributed by atoms with E-state index in [1.165, 1.54) is 25.7 Å². The van der Waals surface area contributed by atoms with Crippen molar-refractivity contribution < 1.29 is 0 Å². The van der Waals surface area contributed by atoms with E-state index in [1.54, 1.807) is 6.20 Å². The van der Waals surface area contributed by atoms with E-state index < -0.39 is 0 Å². The molecule has 88 valence electrons. The highest BCUT2D eigenvalue weighted by molar-refractivity contribution is 5.40. The summed E-state index contributed by atoms with van der Waals surface area (Å²) >= 11 is 0. The van der Waals surface area contributed by atoms with E-state index in [-0.39, 0.29) is 0 Å². The second kappa shape index (κ2) is 5.14. The summed E-state index contributed by atoms with van der Waals surface area (Å²) in [4.78, 5) is 10.5. The minimum atomic E-state index is 0.757. The largest absolute Gasteiger partial charge is 0.370 e. The average Bonchev–Trinajstić information content (AvgIpc) is 3.09. The lowest BCUT2D eigenvalue weighted by molar-refractivity contribution is 0.686. The highest BCUT2D eigenvalue weighted by Crippen LogP contribution is 2.33. The van der Waals surface area contributed by atoms with Crippen LogP contribution in [0.4, 0.5) is 11.8 Å². The lowest BCUT2D eigenvalue weighted by Gasteiger charge is -2.11. The fourth-order valence-electron chi connectivity index (χ4n) is 1.68. The van der Waals surface area contributed by atoms with Gasteiger partial charge in [0.2, 0.25) is 5.95 Å². The molecule has 1 aromatic heterocycles. The van der Waals surface area contributed by atoms with Gasteiger partial charge in [-0.25, -0.2) is 4.98 Å². The maximum atomic E-state index is 4.41. The zero-order valence-corrected chi connectivity index (χ0v) is 10.1. The molecule has 0 aromatic carbocycles. The fraction of sp³-hybridized carbons (Fsp3) is 0.667. The summed E-state index contributed by atoms with van der Waals surface area (Å²) in [5, 5.41) is 3.35. The van der Waals surface area contributed by atoms with Crippen molar-refractivity contribution in [2.75, 3.05) is 30.9 Å². The monoisotopic (exact) mass is 220 g/mol. The smallest absolute Gasteiger partial charge is 0.226 e. The third-order valence-corrected chi connectivity index (χ3v) is 2.84. The molecule has 0 aliphatic heterocycles. The molecule has 0 amide bonds. The van der Waals surface area contributed by atoms with Crippen LogP contribution in [0.1, 0.15) is 25.7 Å². The molecule has 1 heterocycles.